The Bertz CT molecular complexity index is 1160. The lowest BCUT2D eigenvalue weighted by molar-refractivity contribution is 0.0921. The number of amides is 1. The van der Waals surface area contributed by atoms with Crippen molar-refractivity contribution in [1.29, 1.82) is 0 Å². The molecule has 34 heavy (non-hydrogen) atoms. The van der Waals surface area contributed by atoms with Crippen LogP contribution < -0.4 is 10.1 Å². The summed E-state index contributed by atoms with van der Waals surface area (Å²) in [6.45, 7) is 8.25. The molecule has 0 spiro atoms. The van der Waals surface area contributed by atoms with Gasteiger partial charge in [-0.05, 0) is 42.3 Å². The maximum atomic E-state index is 12.9. The molecule has 0 aliphatic rings. The van der Waals surface area contributed by atoms with Crippen molar-refractivity contribution in [1.82, 2.24) is 20.1 Å². The first-order valence-electron chi connectivity index (χ1n) is 10.7. The maximum Gasteiger partial charge on any atom is 0.253 e. The zero-order valence-corrected chi connectivity index (χ0v) is 20.9. The highest BCUT2D eigenvalue weighted by molar-refractivity contribution is 7.99. The Morgan fingerprint density at radius 2 is 1.88 bits per heavy atom. The Morgan fingerprint density at radius 3 is 2.50 bits per heavy atom. The fourth-order valence-corrected chi connectivity index (χ4v) is 4.39. The summed E-state index contributed by atoms with van der Waals surface area (Å²) in [5, 5.41) is 12.7. The van der Waals surface area contributed by atoms with Crippen molar-refractivity contribution in [3.05, 3.63) is 83.2 Å². The zero-order chi connectivity index (χ0) is 24.7. The van der Waals surface area contributed by atoms with Crippen LogP contribution in [0.3, 0.4) is 0 Å². The van der Waals surface area contributed by atoms with Crippen LogP contribution in [0.25, 0.3) is 0 Å². The summed E-state index contributed by atoms with van der Waals surface area (Å²) in [6, 6.07) is 13.5. The monoisotopic (exact) mass is 498 g/mol. The van der Waals surface area contributed by atoms with Gasteiger partial charge >= 0.3 is 0 Å². The van der Waals surface area contributed by atoms with Gasteiger partial charge in [0.05, 0.1) is 29.5 Å². The number of thioether (sulfide) groups is 1. The molecule has 1 heterocycles. The van der Waals surface area contributed by atoms with Crippen molar-refractivity contribution < 1.29 is 14.3 Å². The van der Waals surface area contributed by atoms with Gasteiger partial charge in [-0.3, -0.25) is 9.59 Å². The minimum absolute atomic E-state index is 0.0259. The van der Waals surface area contributed by atoms with E-state index in [-0.39, 0.29) is 23.4 Å². The normalized spacial score (nSPS) is 11.8. The van der Waals surface area contributed by atoms with Gasteiger partial charge in [0.2, 0.25) is 0 Å². The van der Waals surface area contributed by atoms with E-state index in [0.29, 0.717) is 39.4 Å². The van der Waals surface area contributed by atoms with Gasteiger partial charge in [-0.2, -0.15) is 0 Å². The minimum atomic E-state index is -0.414. The Hall–Kier alpha value is -3.10. The average Bonchev–Trinajstić information content (AvgIpc) is 3.23. The highest BCUT2D eigenvalue weighted by Gasteiger charge is 2.27. The van der Waals surface area contributed by atoms with Crippen LogP contribution in [0.1, 0.15) is 46.4 Å². The van der Waals surface area contributed by atoms with Crippen LogP contribution in [0.4, 0.5) is 0 Å². The molecule has 1 aromatic heterocycles. The Kier molecular flexibility index (Phi) is 8.90. The number of allylic oxidation sites excluding steroid dienone is 1. The van der Waals surface area contributed by atoms with Crippen molar-refractivity contribution in [2.75, 3.05) is 12.9 Å². The lowest BCUT2D eigenvalue weighted by atomic mass is 10.0. The second-order valence-electron chi connectivity index (χ2n) is 7.86. The van der Waals surface area contributed by atoms with Crippen LogP contribution in [0.2, 0.25) is 5.02 Å². The molecule has 9 heteroatoms. The van der Waals surface area contributed by atoms with Gasteiger partial charge in [-0.1, -0.05) is 55.4 Å². The molecule has 0 saturated carbocycles. The molecule has 178 valence electrons. The number of nitrogens with one attached hydrogen (secondary N) is 1. The lowest BCUT2D eigenvalue weighted by Crippen LogP contribution is -2.34. The summed E-state index contributed by atoms with van der Waals surface area (Å²) in [7, 11) is 1.58. The maximum absolute atomic E-state index is 12.9. The predicted molar refractivity (Wildman–Crippen MR) is 135 cm³/mol. The molecule has 0 aliphatic carbocycles. The largest absolute Gasteiger partial charge is 0.497 e. The van der Waals surface area contributed by atoms with Gasteiger partial charge in [0.15, 0.2) is 16.8 Å². The van der Waals surface area contributed by atoms with Crippen LogP contribution in [-0.4, -0.2) is 39.3 Å². The molecule has 1 amide bonds. The quantitative estimate of drug-likeness (QED) is 0.221. The number of aromatic nitrogens is 3. The number of benzene rings is 2. The van der Waals surface area contributed by atoms with Gasteiger partial charge in [-0.25, -0.2) is 0 Å². The number of hydrogen-bond acceptors (Lipinski definition) is 6. The van der Waals surface area contributed by atoms with E-state index in [9.17, 15) is 9.59 Å². The molecule has 0 saturated heterocycles. The Morgan fingerprint density at radius 1 is 1.18 bits per heavy atom. The van der Waals surface area contributed by atoms with Gasteiger partial charge in [-0.15, -0.1) is 16.8 Å². The summed E-state index contributed by atoms with van der Waals surface area (Å²) in [5.74, 6) is 1.18. The second-order valence-corrected chi connectivity index (χ2v) is 9.21. The van der Waals surface area contributed by atoms with E-state index in [4.69, 9.17) is 16.3 Å². The SMILES string of the molecule is C=CCn1c(SCC(=O)c2ccc(OC)cc2)nnc1[C@@H](NC(=O)c1ccccc1Cl)C(C)C. The first-order valence-corrected chi connectivity index (χ1v) is 12.1. The number of rotatable bonds is 11. The number of halogens is 1. The molecular weight excluding hydrogens is 472 g/mol. The molecular formula is C25H27ClN4O3S. The van der Waals surface area contributed by atoms with Gasteiger partial charge in [0.25, 0.3) is 5.91 Å². The fourth-order valence-electron chi connectivity index (χ4n) is 3.32. The lowest BCUT2D eigenvalue weighted by Gasteiger charge is -2.22. The number of hydrogen-bond donors (Lipinski definition) is 1. The third kappa shape index (κ3) is 6.07. The summed E-state index contributed by atoms with van der Waals surface area (Å²) in [5.41, 5.74) is 0.986. The van der Waals surface area contributed by atoms with E-state index in [1.165, 1.54) is 11.8 Å². The zero-order valence-electron chi connectivity index (χ0n) is 19.3. The van der Waals surface area contributed by atoms with Crippen molar-refractivity contribution in [3.8, 4) is 5.75 Å². The van der Waals surface area contributed by atoms with E-state index in [2.05, 4.69) is 22.1 Å². The van der Waals surface area contributed by atoms with Crippen LogP contribution in [0.5, 0.6) is 5.75 Å². The smallest absolute Gasteiger partial charge is 0.253 e. The van der Waals surface area contributed by atoms with Gasteiger partial charge < -0.3 is 14.6 Å². The van der Waals surface area contributed by atoms with Crippen LogP contribution in [0.15, 0.2) is 66.3 Å². The van der Waals surface area contributed by atoms with Crippen molar-refractivity contribution in [2.24, 2.45) is 5.92 Å². The molecule has 7 nitrogen and oxygen atoms in total. The molecule has 0 bridgehead atoms. The molecule has 2 aromatic carbocycles. The summed E-state index contributed by atoms with van der Waals surface area (Å²) in [4.78, 5) is 25.6. The molecule has 1 atom stereocenters. The molecule has 0 fully saturated rings. The third-order valence-electron chi connectivity index (χ3n) is 5.15. The number of carbonyl (C=O) groups is 2. The molecule has 3 aromatic rings. The molecule has 3 rings (SSSR count). The van der Waals surface area contributed by atoms with Crippen molar-refractivity contribution >= 4 is 35.1 Å². The number of methoxy groups -OCH3 is 1. The van der Waals surface area contributed by atoms with E-state index >= 15 is 0 Å². The molecule has 0 unspecified atom stereocenters. The number of carbonyl (C=O) groups excluding carboxylic acids is 2. The topological polar surface area (TPSA) is 86.1 Å². The first-order chi connectivity index (χ1) is 16.3. The first kappa shape index (κ1) is 25.5. The summed E-state index contributed by atoms with van der Waals surface area (Å²) < 4.78 is 7.01. The Balaban J connectivity index is 1.80. The van der Waals surface area contributed by atoms with E-state index in [1.807, 2.05) is 18.4 Å². The van der Waals surface area contributed by atoms with Crippen LogP contribution in [-0.2, 0) is 6.54 Å². The third-order valence-corrected chi connectivity index (χ3v) is 6.45. The fraction of sp³-hybridized carbons (Fsp3) is 0.280. The van der Waals surface area contributed by atoms with Gasteiger partial charge in [0, 0.05) is 12.1 Å². The van der Waals surface area contributed by atoms with Crippen LogP contribution >= 0.6 is 23.4 Å². The number of nitrogens with zero attached hydrogens (tertiary/aromatic N) is 3. The van der Waals surface area contributed by atoms with E-state index in [1.54, 1.807) is 61.7 Å². The molecule has 1 N–H and O–H groups in total. The number of ether oxygens (including phenoxy) is 1. The summed E-state index contributed by atoms with van der Waals surface area (Å²) >= 11 is 7.50. The highest BCUT2D eigenvalue weighted by atomic mass is 35.5. The van der Waals surface area contributed by atoms with Crippen molar-refractivity contribution in [2.45, 2.75) is 31.6 Å². The summed E-state index contributed by atoms with van der Waals surface area (Å²) in [6.07, 6.45) is 1.73. The highest BCUT2D eigenvalue weighted by Crippen LogP contribution is 2.27. The van der Waals surface area contributed by atoms with Crippen LogP contribution in [0, 0.1) is 5.92 Å². The van der Waals surface area contributed by atoms with E-state index in [0.717, 1.165) is 0 Å². The average molecular weight is 499 g/mol. The molecule has 0 radical (unpaired) electrons. The van der Waals surface area contributed by atoms with E-state index < -0.39 is 6.04 Å². The standard InChI is InChI=1S/C25H27ClN4O3S/c1-5-14-30-23(22(16(2)3)27-24(32)19-8-6-7-9-20(19)26)28-29-25(30)34-15-21(31)17-10-12-18(33-4)13-11-17/h5-13,16,22H,1,14-15H2,2-4H3,(H,27,32)/t22-/m0/s1. The minimum Gasteiger partial charge on any atom is -0.497 e. The number of ketones is 1. The van der Waals surface area contributed by atoms with Crippen molar-refractivity contribution in [3.63, 3.8) is 0 Å². The molecule has 0 aliphatic heterocycles. The Labute approximate surface area is 208 Å². The van der Waals surface area contributed by atoms with Gasteiger partial charge in [0.1, 0.15) is 5.75 Å². The number of Topliss-reactive ketones (excluding diaryl/α,β-unsaturated/α-hetero) is 1. The predicted octanol–water partition coefficient (Wildman–Crippen LogP) is 5.23. The second kappa shape index (κ2) is 11.9.